The van der Waals surface area contributed by atoms with E-state index in [0.29, 0.717) is 19.4 Å². The number of amidine groups is 2. The van der Waals surface area contributed by atoms with Crippen LogP contribution in [0.4, 0.5) is 0 Å². The average molecular weight is 723 g/mol. The van der Waals surface area contributed by atoms with Crippen molar-refractivity contribution in [2.24, 2.45) is 20.9 Å². The number of aliphatic imine (C=N–C) groups is 2. The van der Waals surface area contributed by atoms with E-state index in [1.165, 1.54) is 71.3 Å². The molecule has 11 heteroatoms. The molecule has 0 spiro atoms. The van der Waals surface area contributed by atoms with Gasteiger partial charge in [-0.15, -0.1) is 0 Å². The third-order valence-corrected chi connectivity index (χ3v) is 9.53. The van der Waals surface area contributed by atoms with E-state index in [2.05, 4.69) is 33.9 Å². The number of rotatable bonds is 37. The number of ether oxygens (including phenoxy) is 1. The monoisotopic (exact) mass is 723 g/mol. The summed E-state index contributed by atoms with van der Waals surface area (Å²) in [7, 11) is 1.47. The summed E-state index contributed by atoms with van der Waals surface area (Å²) in [5.74, 6) is -0.0586. The molecule has 0 heterocycles. The molecule has 0 bridgehead atoms. The molecule has 0 saturated carbocycles. The zero-order valence-electron chi connectivity index (χ0n) is 33.1. The van der Waals surface area contributed by atoms with Crippen LogP contribution in [0.5, 0.6) is 0 Å². The van der Waals surface area contributed by atoms with Crippen molar-refractivity contribution in [2.75, 3.05) is 33.2 Å². The highest BCUT2D eigenvalue weighted by Crippen LogP contribution is 2.18. The third kappa shape index (κ3) is 29.7. The lowest BCUT2D eigenvalue weighted by Gasteiger charge is -2.22. The van der Waals surface area contributed by atoms with Crippen LogP contribution in [0, 0.1) is 0 Å². The number of nitrogens with zero attached hydrogens (tertiary/aromatic N) is 4. The van der Waals surface area contributed by atoms with Crippen LogP contribution in [0.15, 0.2) is 15.1 Å². The number of hydrogen-bond acceptors (Lipinski definition) is 9. The average Bonchev–Trinajstić information content (AvgIpc) is 3.13. The minimum Gasteiger partial charge on any atom is -0.462 e. The first kappa shape index (κ1) is 48.5. The molecule has 11 nitrogen and oxygen atoms in total. The number of oxime groups is 1. The van der Waals surface area contributed by atoms with Crippen LogP contribution in [-0.4, -0.2) is 84.3 Å². The maximum Gasteiger partial charge on any atom is 0.306 e. The van der Waals surface area contributed by atoms with Crippen LogP contribution in [0.2, 0.25) is 0 Å². The molecule has 298 valence electrons. The first-order valence-electron chi connectivity index (χ1n) is 20.7. The second kappa shape index (κ2) is 37.2. The Bertz CT molecular complexity index is 898. The predicted octanol–water partition coefficient (Wildman–Crippen LogP) is 9.17. The second-order valence-electron chi connectivity index (χ2n) is 14.1. The van der Waals surface area contributed by atoms with Crippen LogP contribution >= 0.6 is 0 Å². The Balaban J connectivity index is 4.64. The van der Waals surface area contributed by atoms with Crippen molar-refractivity contribution in [3.63, 3.8) is 0 Å². The van der Waals surface area contributed by atoms with E-state index >= 15 is 0 Å². The second-order valence-corrected chi connectivity index (χ2v) is 14.1. The van der Waals surface area contributed by atoms with Gasteiger partial charge in [-0.1, -0.05) is 122 Å². The number of carbonyl (C=O) groups is 2. The Hall–Kier alpha value is -2.53. The molecule has 51 heavy (non-hydrogen) atoms. The summed E-state index contributed by atoms with van der Waals surface area (Å²) in [6.45, 7) is 7.79. The van der Waals surface area contributed by atoms with Gasteiger partial charge in [0.1, 0.15) is 12.4 Å². The number of esters is 1. The van der Waals surface area contributed by atoms with Gasteiger partial charge in [-0.25, -0.2) is 0 Å². The van der Waals surface area contributed by atoms with Gasteiger partial charge >= 0.3 is 5.97 Å². The fourth-order valence-electron chi connectivity index (χ4n) is 6.35. The van der Waals surface area contributed by atoms with Gasteiger partial charge in [0.05, 0.1) is 0 Å². The van der Waals surface area contributed by atoms with Crippen molar-refractivity contribution < 1.29 is 24.7 Å². The number of unbranched alkanes of at least 4 members (excludes halogenated alkanes) is 19. The van der Waals surface area contributed by atoms with Crippen molar-refractivity contribution in [3.05, 3.63) is 0 Å². The molecular weight excluding hydrogens is 644 g/mol. The number of carbonyl (C=O) groups excluding carboxylic acids is 2. The number of hydrogen-bond donors (Lipinski definition) is 4. The van der Waals surface area contributed by atoms with E-state index in [0.717, 1.165) is 122 Å². The quantitative estimate of drug-likeness (QED) is 0.00938. The van der Waals surface area contributed by atoms with E-state index in [-0.39, 0.29) is 29.5 Å². The lowest BCUT2D eigenvalue weighted by molar-refractivity contribution is -0.150. The first-order valence-corrected chi connectivity index (χ1v) is 20.7. The van der Waals surface area contributed by atoms with E-state index in [4.69, 9.17) is 10.5 Å². The molecule has 0 aromatic heterocycles. The summed E-state index contributed by atoms with van der Waals surface area (Å²) in [6, 6.07) is 0. The highest BCUT2D eigenvalue weighted by Gasteiger charge is 2.15. The SMILES string of the molecule is CCCCCCCCC(CCCCCCCC)OC(=O)CCCCCCCN(CCCCCCCC=O)CCCN=C(NO)/C(=N/O)C(N)=NC. The molecule has 0 aromatic carbocycles. The van der Waals surface area contributed by atoms with Gasteiger partial charge in [0.15, 0.2) is 17.4 Å². The normalized spacial score (nSPS) is 12.6. The maximum absolute atomic E-state index is 12.8. The molecule has 5 N–H and O–H groups in total. The largest absolute Gasteiger partial charge is 0.462 e. The molecular formula is C40H78N6O5. The van der Waals surface area contributed by atoms with Gasteiger partial charge in [-0.3, -0.25) is 25.5 Å². The Kier molecular flexibility index (Phi) is 35.4. The van der Waals surface area contributed by atoms with Gasteiger partial charge in [-0.2, -0.15) is 0 Å². The minimum absolute atomic E-state index is 0.0152. The zero-order valence-corrected chi connectivity index (χ0v) is 33.1. The molecule has 0 aromatic rings. The van der Waals surface area contributed by atoms with Crippen LogP contribution in [0.1, 0.15) is 187 Å². The summed E-state index contributed by atoms with van der Waals surface area (Å²) in [5, 5.41) is 21.8. The summed E-state index contributed by atoms with van der Waals surface area (Å²) in [5.41, 5.74) is 7.60. The Labute approximate surface area is 311 Å². The van der Waals surface area contributed by atoms with Gasteiger partial charge in [0, 0.05) is 26.4 Å². The molecule has 0 aliphatic carbocycles. The lowest BCUT2D eigenvalue weighted by atomic mass is 10.0. The minimum atomic E-state index is -0.0964. The van der Waals surface area contributed by atoms with E-state index in [9.17, 15) is 20.0 Å². The summed E-state index contributed by atoms with van der Waals surface area (Å²) in [4.78, 5) is 33.9. The fourth-order valence-corrected chi connectivity index (χ4v) is 6.35. The lowest BCUT2D eigenvalue weighted by Crippen LogP contribution is -2.38. The van der Waals surface area contributed by atoms with Crippen molar-refractivity contribution in [3.8, 4) is 0 Å². The Morgan fingerprint density at radius 3 is 1.75 bits per heavy atom. The summed E-state index contributed by atoms with van der Waals surface area (Å²) >= 11 is 0. The fraction of sp³-hybridized carbons (Fsp3) is 0.875. The van der Waals surface area contributed by atoms with Crippen molar-refractivity contribution >= 4 is 29.6 Å². The standard InChI is InChI=1S/C40H78N6O5/c1-4-6-8-10-15-21-28-36(29-22-16-11-9-7-5-2)51-37(48)30-23-17-14-19-25-33-46(32-24-18-12-13-20-26-35-47)34-27-31-43-40(45-50)38(44-49)39(41)42-3/h35-36,49-50H,4-34H2,1-3H3,(H2,41,42)(H,43,45)/b44-38+. The predicted molar refractivity (Wildman–Crippen MR) is 212 cm³/mol. The van der Waals surface area contributed by atoms with E-state index in [1.54, 1.807) is 0 Å². The third-order valence-electron chi connectivity index (χ3n) is 9.53. The molecule has 0 atom stereocenters. The van der Waals surface area contributed by atoms with Crippen LogP contribution in [-0.2, 0) is 14.3 Å². The highest BCUT2D eigenvalue weighted by atomic mass is 16.5. The number of hydroxylamine groups is 1. The molecule has 0 rings (SSSR count). The smallest absolute Gasteiger partial charge is 0.306 e. The Morgan fingerprint density at radius 2 is 1.24 bits per heavy atom. The number of nitrogens with one attached hydrogen (secondary N) is 1. The highest BCUT2D eigenvalue weighted by molar-refractivity contribution is 6.67. The molecule has 0 amide bonds. The molecule has 0 aliphatic rings. The van der Waals surface area contributed by atoms with E-state index in [1.807, 2.05) is 5.48 Å². The molecule has 0 fully saturated rings. The topological polar surface area (TPSA) is 162 Å². The maximum atomic E-state index is 12.8. The van der Waals surface area contributed by atoms with Gasteiger partial charge in [0.25, 0.3) is 0 Å². The molecule has 0 aliphatic heterocycles. The Morgan fingerprint density at radius 1 is 0.745 bits per heavy atom. The van der Waals surface area contributed by atoms with Crippen LogP contribution < -0.4 is 11.2 Å². The van der Waals surface area contributed by atoms with Gasteiger partial charge in [-0.05, 0) is 77.4 Å². The number of aldehydes is 1. The van der Waals surface area contributed by atoms with Crippen LogP contribution in [0.3, 0.4) is 0 Å². The molecule has 0 unspecified atom stereocenters. The zero-order chi connectivity index (χ0) is 37.6. The first-order chi connectivity index (χ1) is 25.0. The molecule has 0 radical (unpaired) electrons. The molecule has 0 saturated heterocycles. The van der Waals surface area contributed by atoms with Crippen molar-refractivity contribution in [1.29, 1.82) is 0 Å². The van der Waals surface area contributed by atoms with Gasteiger partial charge < -0.3 is 25.4 Å². The van der Waals surface area contributed by atoms with Crippen molar-refractivity contribution in [2.45, 2.75) is 193 Å². The summed E-state index contributed by atoms with van der Waals surface area (Å²) in [6.07, 6.45) is 30.9. The van der Waals surface area contributed by atoms with E-state index < -0.39 is 0 Å². The van der Waals surface area contributed by atoms with Gasteiger partial charge in [0.2, 0.25) is 0 Å². The number of nitrogens with two attached hydrogens (primary N) is 1. The summed E-state index contributed by atoms with van der Waals surface area (Å²) < 4.78 is 6.03. The van der Waals surface area contributed by atoms with Crippen molar-refractivity contribution in [1.82, 2.24) is 10.4 Å². The van der Waals surface area contributed by atoms with Crippen LogP contribution in [0.25, 0.3) is 0 Å².